The van der Waals surface area contributed by atoms with Gasteiger partial charge in [-0.2, -0.15) is 0 Å². The predicted molar refractivity (Wildman–Crippen MR) is 89.0 cm³/mol. The second kappa shape index (κ2) is 8.60. The lowest BCUT2D eigenvalue weighted by atomic mass is 10.2. The lowest BCUT2D eigenvalue weighted by Gasteiger charge is -2.23. The van der Waals surface area contributed by atoms with E-state index >= 15 is 0 Å². The van der Waals surface area contributed by atoms with Crippen LogP contribution in [0.25, 0.3) is 0 Å². The van der Waals surface area contributed by atoms with E-state index in [9.17, 15) is 13.2 Å². The molecule has 0 saturated carbocycles. The Bertz CT molecular complexity index is 631. The highest BCUT2D eigenvalue weighted by Crippen LogP contribution is 2.18. The van der Waals surface area contributed by atoms with Crippen molar-refractivity contribution in [3.63, 3.8) is 0 Å². The largest absolute Gasteiger partial charge is 0.366 e. The Morgan fingerprint density at radius 3 is 2.70 bits per heavy atom. The molecular weight excluding hydrogens is 342 g/mol. The quantitative estimate of drug-likeness (QED) is 0.766. The average molecular weight is 364 g/mol. The van der Waals surface area contributed by atoms with Gasteiger partial charge in [-0.05, 0) is 11.6 Å². The Labute approximate surface area is 142 Å². The molecule has 7 nitrogen and oxygen atoms in total. The number of carbonyl (C=O) groups is 1. The zero-order chi connectivity index (χ0) is 16.2. The van der Waals surface area contributed by atoms with Crippen LogP contribution in [-0.2, 0) is 26.1 Å². The summed E-state index contributed by atoms with van der Waals surface area (Å²) in [6, 6.07) is 6.64. The van der Waals surface area contributed by atoms with Crippen molar-refractivity contribution in [2.24, 2.45) is 0 Å². The summed E-state index contributed by atoms with van der Waals surface area (Å²) in [4.78, 5) is 12.2. The van der Waals surface area contributed by atoms with Crippen molar-refractivity contribution >= 4 is 28.3 Å². The minimum absolute atomic E-state index is 0. The number of ether oxygens (including phenoxy) is 1. The number of carbonyl (C=O) groups excluding carboxylic acids is 1. The SMILES string of the molecule is CN(C)S(=O)(=O)c1ccccc1CNC(=O)C1CNCCO1.Cl. The molecular formula is C14H22ClN3O4S. The zero-order valence-electron chi connectivity index (χ0n) is 13.1. The molecule has 0 aromatic heterocycles. The molecule has 1 heterocycles. The minimum Gasteiger partial charge on any atom is -0.366 e. The normalized spacial score (nSPS) is 18.3. The first-order valence-corrected chi connectivity index (χ1v) is 8.47. The highest BCUT2D eigenvalue weighted by molar-refractivity contribution is 7.89. The number of benzene rings is 1. The van der Waals surface area contributed by atoms with E-state index in [1.54, 1.807) is 18.2 Å². The van der Waals surface area contributed by atoms with E-state index in [2.05, 4.69) is 10.6 Å². The molecule has 130 valence electrons. The molecule has 1 aromatic rings. The number of nitrogens with one attached hydrogen (secondary N) is 2. The maximum atomic E-state index is 12.3. The Morgan fingerprint density at radius 1 is 1.39 bits per heavy atom. The van der Waals surface area contributed by atoms with Gasteiger partial charge in [0.25, 0.3) is 5.91 Å². The van der Waals surface area contributed by atoms with Gasteiger partial charge in [0.05, 0.1) is 11.5 Å². The summed E-state index contributed by atoms with van der Waals surface area (Å²) in [7, 11) is -0.585. The maximum Gasteiger partial charge on any atom is 0.250 e. The van der Waals surface area contributed by atoms with E-state index in [1.165, 1.54) is 20.2 Å². The molecule has 0 aliphatic carbocycles. The van der Waals surface area contributed by atoms with Crippen LogP contribution in [0.1, 0.15) is 5.56 Å². The van der Waals surface area contributed by atoms with Crippen molar-refractivity contribution < 1.29 is 17.9 Å². The van der Waals surface area contributed by atoms with Gasteiger partial charge in [-0.15, -0.1) is 12.4 Å². The maximum absolute atomic E-state index is 12.3. The molecule has 0 bridgehead atoms. The van der Waals surface area contributed by atoms with Crippen molar-refractivity contribution in [3.05, 3.63) is 29.8 Å². The number of rotatable bonds is 5. The Hall–Kier alpha value is -1.19. The van der Waals surface area contributed by atoms with E-state index in [-0.39, 0.29) is 29.8 Å². The molecule has 23 heavy (non-hydrogen) atoms. The second-order valence-corrected chi connectivity index (χ2v) is 7.30. The summed E-state index contributed by atoms with van der Waals surface area (Å²) in [5, 5.41) is 5.81. The van der Waals surface area contributed by atoms with Crippen LogP contribution < -0.4 is 10.6 Å². The van der Waals surface area contributed by atoms with Gasteiger partial charge in [0.1, 0.15) is 6.10 Å². The van der Waals surface area contributed by atoms with Crippen LogP contribution >= 0.6 is 12.4 Å². The van der Waals surface area contributed by atoms with Crippen LogP contribution in [0.5, 0.6) is 0 Å². The van der Waals surface area contributed by atoms with Crippen LogP contribution in [-0.4, -0.2) is 58.5 Å². The van der Waals surface area contributed by atoms with Crippen molar-refractivity contribution in [2.75, 3.05) is 33.8 Å². The molecule has 9 heteroatoms. The molecule has 2 N–H and O–H groups in total. The standard InChI is InChI=1S/C14H21N3O4S.ClH/c1-17(2)22(19,20)13-6-4-3-5-11(13)9-16-14(18)12-10-15-7-8-21-12;/h3-6,12,15H,7-10H2,1-2H3,(H,16,18);1H. The first-order valence-electron chi connectivity index (χ1n) is 7.03. The molecule has 1 atom stereocenters. The Morgan fingerprint density at radius 2 is 2.09 bits per heavy atom. The number of nitrogens with zero attached hydrogens (tertiary/aromatic N) is 1. The monoisotopic (exact) mass is 363 g/mol. The third kappa shape index (κ3) is 4.89. The van der Waals surface area contributed by atoms with Crippen molar-refractivity contribution in [1.82, 2.24) is 14.9 Å². The van der Waals surface area contributed by atoms with E-state index in [1.807, 2.05) is 0 Å². The molecule has 1 aromatic carbocycles. The zero-order valence-corrected chi connectivity index (χ0v) is 14.7. The van der Waals surface area contributed by atoms with E-state index in [0.29, 0.717) is 18.7 Å². The van der Waals surface area contributed by atoms with Crippen molar-refractivity contribution in [1.29, 1.82) is 0 Å². The number of morpholine rings is 1. The molecule has 2 rings (SSSR count). The third-order valence-corrected chi connectivity index (χ3v) is 5.32. The third-order valence-electron chi connectivity index (χ3n) is 3.40. The molecule has 0 radical (unpaired) electrons. The van der Waals surface area contributed by atoms with E-state index < -0.39 is 16.1 Å². The van der Waals surface area contributed by atoms with Crippen LogP contribution in [0, 0.1) is 0 Å². The van der Waals surface area contributed by atoms with Gasteiger partial charge in [-0.3, -0.25) is 4.79 Å². The van der Waals surface area contributed by atoms with Gasteiger partial charge in [0.15, 0.2) is 0 Å². The summed E-state index contributed by atoms with van der Waals surface area (Å²) in [5.74, 6) is -0.246. The molecule has 1 fully saturated rings. The second-order valence-electron chi connectivity index (χ2n) is 5.18. The van der Waals surface area contributed by atoms with Crippen LogP contribution in [0.4, 0.5) is 0 Å². The molecule has 1 amide bonds. The van der Waals surface area contributed by atoms with Gasteiger partial charge in [0.2, 0.25) is 10.0 Å². The predicted octanol–water partition coefficient (Wildman–Crippen LogP) is -0.0367. The lowest BCUT2D eigenvalue weighted by molar-refractivity contribution is -0.134. The molecule has 1 aliphatic rings. The first kappa shape index (κ1) is 19.9. The number of amides is 1. The topological polar surface area (TPSA) is 87.7 Å². The van der Waals surface area contributed by atoms with Gasteiger partial charge in [0, 0.05) is 33.7 Å². The Kier molecular flexibility index (Phi) is 7.43. The fourth-order valence-corrected chi connectivity index (χ4v) is 3.24. The fourth-order valence-electron chi connectivity index (χ4n) is 2.13. The van der Waals surface area contributed by atoms with Crippen LogP contribution in [0.15, 0.2) is 29.2 Å². The molecule has 1 unspecified atom stereocenters. The highest BCUT2D eigenvalue weighted by Gasteiger charge is 2.23. The van der Waals surface area contributed by atoms with Gasteiger partial charge >= 0.3 is 0 Å². The number of sulfonamides is 1. The number of halogens is 1. The van der Waals surface area contributed by atoms with Crippen molar-refractivity contribution in [2.45, 2.75) is 17.5 Å². The lowest BCUT2D eigenvalue weighted by Crippen LogP contribution is -2.47. The summed E-state index contributed by atoms with van der Waals surface area (Å²) in [6.07, 6.45) is -0.536. The fraction of sp³-hybridized carbons (Fsp3) is 0.500. The summed E-state index contributed by atoms with van der Waals surface area (Å²) < 4.78 is 31.1. The summed E-state index contributed by atoms with van der Waals surface area (Å²) in [6.45, 7) is 1.82. The van der Waals surface area contributed by atoms with Crippen molar-refractivity contribution in [3.8, 4) is 0 Å². The average Bonchev–Trinajstić information content (AvgIpc) is 2.53. The smallest absolute Gasteiger partial charge is 0.250 e. The molecule has 1 aliphatic heterocycles. The molecule has 1 saturated heterocycles. The van der Waals surface area contributed by atoms with Gasteiger partial charge in [-0.1, -0.05) is 18.2 Å². The van der Waals surface area contributed by atoms with Gasteiger partial charge in [-0.25, -0.2) is 12.7 Å². The summed E-state index contributed by atoms with van der Waals surface area (Å²) in [5.41, 5.74) is 0.549. The minimum atomic E-state index is -3.54. The van der Waals surface area contributed by atoms with E-state index in [4.69, 9.17) is 4.74 Å². The van der Waals surface area contributed by atoms with Gasteiger partial charge < -0.3 is 15.4 Å². The summed E-state index contributed by atoms with van der Waals surface area (Å²) >= 11 is 0. The first-order chi connectivity index (χ1) is 10.4. The van der Waals surface area contributed by atoms with Crippen LogP contribution in [0.3, 0.4) is 0 Å². The van der Waals surface area contributed by atoms with E-state index in [0.717, 1.165) is 10.8 Å². The number of hydrogen-bond acceptors (Lipinski definition) is 5. The molecule has 0 spiro atoms. The highest BCUT2D eigenvalue weighted by atomic mass is 35.5. The number of hydrogen-bond donors (Lipinski definition) is 2. The van der Waals surface area contributed by atoms with Crippen LogP contribution in [0.2, 0.25) is 0 Å². The Balaban J connectivity index is 0.00000264.